The van der Waals surface area contributed by atoms with Gasteiger partial charge >= 0.3 is 0 Å². The zero-order valence-corrected chi connectivity index (χ0v) is 16.1. The van der Waals surface area contributed by atoms with E-state index in [1.165, 1.54) is 21.2 Å². The molecule has 1 N–H and O–H groups in total. The molecular formula is C17H21N3O3S2. The molecule has 1 atom stereocenters. The minimum Gasteiger partial charge on any atom is -0.301 e. The van der Waals surface area contributed by atoms with Crippen LogP contribution in [0.15, 0.2) is 23.6 Å². The summed E-state index contributed by atoms with van der Waals surface area (Å²) >= 11 is 1.34. The zero-order chi connectivity index (χ0) is 18.2. The molecule has 1 unspecified atom stereocenters. The molecule has 1 aliphatic heterocycles. The molecule has 2 aromatic rings. The lowest BCUT2D eigenvalue weighted by Crippen LogP contribution is -2.42. The third kappa shape index (κ3) is 3.91. The molecule has 1 amide bonds. The normalized spacial score (nSPS) is 18.4. The van der Waals surface area contributed by atoms with Crippen LogP contribution in [0.4, 0.5) is 5.13 Å². The highest BCUT2D eigenvalue weighted by Gasteiger charge is 2.36. The Labute approximate surface area is 151 Å². The Morgan fingerprint density at radius 3 is 2.80 bits per heavy atom. The summed E-state index contributed by atoms with van der Waals surface area (Å²) in [5, 5.41) is 5.15. The number of aromatic nitrogens is 1. The Morgan fingerprint density at radius 1 is 1.36 bits per heavy atom. The number of anilines is 1. The van der Waals surface area contributed by atoms with Crippen molar-refractivity contribution in [1.29, 1.82) is 0 Å². The van der Waals surface area contributed by atoms with E-state index < -0.39 is 16.1 Å². The Bertz CT molecular complexity index is 906. The van der Waals surface area contributed by atoms with Crippen LogP contribution >= 0.6 is 11.3 Å². The van der Waals surface area contributed by atoms with E-state index in [1.54, 1.807) is 0 Å². The molecule has 1 aromatic heterocycles. The molecule has 0 spiro atoms. The van der Waals surface area contributed by atoms with Gasteiger partial charge in [-0.25, -0.2) is 13.4 Å². The third-order valence-electron chi connectivity index (χ3n) is 4.32. The highest BCUT2D eigenvalue weighted by molar-refractivity contribution is 7.88. The molecule has 1 fully saturated rings. The summed E-state index contributed by atoms with van der Waals surface area (Å²) in [6.07, 6.45) is 2.37. The van der Waals surface area contributed by atoms with Gasteiger partial charge in [-0.1, -0.05) is 23.8 Å². The number of thiazole rings is 1. The number of rotatable bonds is 4. The first-order valence-electron chi connectivity index (χ1n) is 8.06. The average molecular weight is 380 g/mol. The lowest BCUT2D eigenvalue weighted by atomic mass is 10.0. The molecule has 0 saturated carbocycles. The second kappa shape index (κ2) is 6.86. The fraction of sp³-hybridized carbons (Fsp3) is 0.412. The number of nitrogens with one attached hydrogen (secondary N) is 1. The van der Waals surface area contributed by atoms with Crippen LogP contribution in [0.3, 0.4) is 0 Å². The van der Waals surface area contributed by atoms with Gasteiger partial charge in [0.2, 0.25) is 15.9 Å². The van der Waals surface area contributed by atoms with E-state index in [1.807, 2.05) is 31.4 Å². The Morgan fingerprint density at radius 2 is 2.12 bits per heavy atom. The van der Waals surface area contributed by atoms with Crippen LogP contribution in [0.1, 0.15) is 24.0 Å². The number of aryl methyl sites for hydroxylation is 2. The van der Waals surface area contributed by atoms with E-state index in [0.29, 0.717) is 24.5 Å². The van der Waals surface area contributed by atoms with Crippen molar-refractivity contribution in [3.8, 4) is 11.3 Å². The number of nitrogens with zero attached hydrogens (tertiary/aromatic N) is 2. The molecule has 3 rings (SSSR count). The molecule has 1 aliphatic rings. The summed E-state index contributed by atoms with van der Waals surface area (Å²) < 4.78 is 24.8. The number of benzene rings is 1. The van der Waals surface area contributed by atoms with E-state index >= 15 is 0 Å². The van der Waals surface area contributed by atoms with E-state index in [9.17, 15) is 13.2 Å². The Kier molecular flexibility index (Phi) is 4.95. The number of hydrogen-bond acceptors (Lipinski definition) is 5. The quantitative estimate of drug-likeness (QED) is 0.886. The first-order valence-corrected chi connectivity index (χ1v) is 10.8. The van der Waals surface area contributed by atoms with Crippen molar-refractivity contribution in [2.75, 3.05) is 18.1 Å². The highest BCUT2D eigenvalue weighted by atomic mass is 32.2. The van der Waals surface area contributed by atoms with Crippen molar-refractivity contribution >= 4 is 32.4 Å². The molecule has 134 valence electrons. The molecule has 1 aromatic carbocycles. The fourth-order valence-corrected chi connectivity index (χ4v) is 4.98. The SMILES string of the molecule is Cc1ccc(-c2csc(NC(=O)C3CCCN3S(C)(=O)=O)n2)c(C)c1. The summed E-state index contributed by atoms with van der Waals surface area (Å²) in [6, 6.07) is 5.49. The van der Waals surface area contributed by atoms with Gasteiger partial charge in [-0.15, -0.1) is 11.3 Å². The van der Waals surface area contributed by atoms with Crippen LogP contribution in [0.2, 0.25) is 0 Å². The molecule has 8 heteroatoms. The fourth-order valence-electron chi connectivity index (χ4n) is 3.14. The minimum absolute atomic E-state index is 0.315. The van der Waals surface area contributed by atoms with Crippen molar-refractivity contribution in [3.05, 3.63) is 34.7 Å². The minimum atomic E-state index is -3.38. The van der Waals surface area contributed by atoms with Gasteiger partial charge in [-0.3, -0.25) is 4.79 Å². The maximum atomic E-state index is 12.5. The van der Waals surface area contributed by atoms with Crippen molar-refractivity contribution in [2.45, 2.75) is 32.7 Å². The Balaban J connectivity index is 1.76. The lowest BCUT2D eigenvalue weighted by Gasteiger charge is -2.20. The molecule has 0 aliphatic carbocycles. The number of sulfonamides is 1. The largest absolute Gasteiger partial charge is 0.301 e. The summed E-state index contributed by atoms with van der Waals surface area (Å²) in [7, 11) is -3.38. The van der Waals surface area contributed by atoms with Gasteiger partial charge in [0.15, 0.2) is 5.13 Å². The molecule has 0 bridgehead atoms. The predicted molar refractivity (Wildman–Crippen MR) is 100 cm³/mol. The molecule has 6 nitrogen and oxygen atoms in total. The predicted octanol–water partition coefficient (Wildman–Crippen LogP) is 2.79. The van der Waals surface area contributed by atoms with Gasteiger partial charge in [0.1, 0.15) is 6.04 Å². The van der Waals surface area contributed by atoms with Crippen molar-refractivity contribution < 1.29 is 13.2 Å². The topological polar surface area (TPSA) is 79.4 Å². The van der Waals surface area contributed by atoms with Crippen molar-refractivity contribution in [2.24, 2.45) is 0 Å². The van der Waals surface area contributed by atoms with Crippen LogP contribution in [-0.2, 0) is 14.8 Å². The van der Waals surface area contributed by atoms with Gasteiger partial charge in [0, 0.05) is 17.5 Å². The number of amides is 1. The van der Waals surface area contributed by atoms with E-state index in [0.717, 1.165) is 23.1 Å². The van der Waals surface area contributed by atoms with Crippen LogP contribution in [0, 0.1) is 13.8 Å². The van der Waals surface area contributed by atoms with Crippen molar-refractivity contribution in [1.82, 2.24) is 9.29 Å². The number of carbonyl (C=O) groups excluding carboxylic acids is 1. The first-order chi connectivity index (χ1) is 11.8. The number of carbonyl (C=O) groups is 1. The maximum Gasteiger partial charge on any atom is 0.244 e. The van der Waals surface area contributed by atoms with Gasteiger partial charge in [-0.05, 0) is 32.3 Å². The maximum absolute atomic E-state index is 12.5. The van der Waals surface area contributed by atoms with Crippen LogP contribution < -0.4 is 5.32 Å². The van der Waals surface area contributed by atoms with Crippen LogP contribution in [-0.4, -0.2) is 42.5 Å². The van der Waals surface area contributed by atoms with E-state index in [4.69, 9.17) is 0 Å². The molecule has 2 heterocycles. The summed E-state index contributed by atoms with van der Waals surface area (Å²) in [5.41, 5.74) is 4.15. The number of hydrogen-bond donors (Lipinski definition) is 1. The van der Waals surface area contributed by atoms with E-state index in [-0.39, 0.29) is 5.91 Å². The van der Waals surface area contributed by atoms with Gasteiger partial charge in [-0.2, -0.15) is 4.31 Å². The summed E-state index contributed by atoms with van der Waals surface area (Å²) in [6.45, 7) is 4.46. The average Bonchev–Trinajstić information content (AvgIpc) is 3.15. The zero-order valence-electron chi connectivity index (χ0n) is 14.4. The van der Waals surface area contributed by atoms with Gasteiger partial charge < -0.3 is 5.32 Å². The third-order valence-corrected chi connectivity index (χ3v) is 6.37. The second-order valence-corrected chi connectivity index (χ2v) is 9.17. The van der Waals surface area contributed by atoms with Crippen LogP contribution in [0.25, 0.3) is 11.3 Å². The van der Waals surface area contributed by atoms with Crippen molar-refractivity contribution in [3.63, 3.8) is 0 Å². The standard InChI is InChI=1S/C17H21N3O3S2/c1-11-6-7-13(12(2)9-11)14-10-24-17(18-14)19-16(21)15-5-4-8-20(15)25(3,22)23/h6-7,9-10,15H,4-5,8H2,1-3H3,(H,18,19,21). The van der Waals surface area contributed by atoms with Crippen LogP contribution in [0.5, 0.6) is 0 Å². The second-order valence-electron chi connectivity index (χ2n) is 6.38. The van der Waals surface area contributed by atoms with Gasteiger partial charge in [0.25, 0.3) is 0 Å². The molecule has 0 radical (unpaired) electrons. The summed E-state index contributed by atoms with van der Waals surface area (Å²) in [4.78, 5) is 17.0. The smallest absolute Gasteiger partial charge is 0.244 e. The van der Waals surface area contributed by atoms with E-state index in [2.05, 4.69) is 16.4 Å². The molecule has 1 saturated heterocycles. The first kappa shape index (κ1) is 18.0. The Hall–Kier alpha value is -1.77. The lowest BCUT2D eigenvalue weighted by molar-refractivity contribution is -0.119. The van der Waals surface area contributed by atoms with Gasteiger partial charge in [0.05, 0.1) is 11.9 Å². The highest BCUT2D eigenvalue weighted by Crippen LogP contribution is 2.29. The summed E-state index contributed by atoms with van der Waals surface area (Å²) in [5.74, 6) is -0.315. The molecule has 25 heavy (non-hydrogen) atoms. The monoisotopic (exact) mass is 379 g/mol. The molecular weight excluding hydrogens is 358 g/mol.